The highest BCUT2D eigenvalue weighted by atomic mass is 32.1. The second-order valence-corrected chi connectivity index (χ2v) is 10.7. The molecule has 0 spiro atoms. The van der Waals surface area contributed by atoms with Crippen LogP contribution in [-0.2, 0) is 26.3 Å². The number of fused-ring (bicyclic) bond motifs is 1. The number of rotatable bonds is 6. The fourth-order valence-corrected chi connectivity index (χ4v) is 6.46. The van der Waals surface area contributed by atoms with E-state index in [2.05, 4.69) is 4.98 Å². The third-order valence-electron chi connectivity index (χ3n) is 7.27. The van der Waals surface area contributed by atoms with Crippen molar-refractivity contribution in [1.82, 2.24) is 14.8 Å². The molecular formula is C27H28FN3O3S. The zero-order valence-corrected chi connectivity index (χ0v) is 20.5. The van der Waals surface area contributed by atoms with Gasteiger partial charge >= 0.3 is 0 Å². The number of benzene rings is 2. The van der Waals surface area contributed by atoms with Crippen molar-refractivity contribution < 1.29 is 18.8 Å². The van der Waals surface area contributed by atoms with Gasteiger partial charge in [-0.3, -0.25) is 19.3 Å². The van der Waals surface area contributed by atoms with Crippen molar-refractivity contribution in [2.75, 3.05) is 7.05 Å². The maximum atomic E-state index is 15.1. The van der Waals surface area contributed by atoms with E-state index in [1.54, 1.807) is 19.2 Å². The number of carbonyl (C=O) groups is 3. The molecule has 35 heavy (non-hydrogen) atoms. The Morgan fingerprint density at radius 3 is 2.57 bits per heavy atom. The number of thiazole rings is 1. The Morgan fingerprint density at radius 1 is 1.11 bits per heavy atom. The average molecular weight is 494 g/mol. The first-order chi connectivity index (χ1) is 16.9. The summed E-state index contributed by atoms with van der Waals surface area (Å²) in [5.41, 5.74) is -0.534. The standard InChI is InChI=1S/C27H28FN3O3S/c1-30(17-23-29-21-13-7-8-14-22(21)35-23)24(32)15-27(19-11-5-6-12-20(19)28)16-25(33)31(26(27)34)18-9-3-2-4-10-18/h5-8,11-14,18H,2-4,9-10,15-17H2,1H3/t27-/m1/s1. The molecular weight excluding hydrogens is 465 g/mol. The fourth-order valence-electron chi connectivity index (χ4n) is 5.44. The van der Waals surface area contributed by atoms with Crippen LogP contribution in [0.5, 0.6) is 0 Å². The molecule has 8 heteroatoms. The zero-order chi connectivity index (χ0) is 24.6. The average Bonchev–Trinajstić information content (AvgIpc) is 3.37. The van der Waals surface area contributed by atoms with E-state index in [4.69, 9.17) is 0 Å². The first-order valence-corrected chi connectivity index (χ1v) is 12.9. The lowest BCUT2D eigenvalue weighted by atomic mass is 9.75. The molecule has 6 nitrogen and oxygen atoms in total. The van der Waals surface area contributed by atoms with E-state index in [0.29, 0.717) is 0 Å². The van der Waals surface area contributed by atoms with E-state index in [9.17, 15) is 14.4 Å². The van der Waals surface area contributed by atoms with Crippen molar-refractivity contribution in [2.45, 2.75) is 62.9 Å². The Hall–Kier alpha value is -3.13. The summed E-state index contributed by atoms with van der Waals surface area (Å²) >= 11 is 1.51. The number of halogens is 1. The third kappa shape index (κ3) is 4.35. The van der Waals surface area contributed by atoms with Crippen LogP contribution in [0.15, 0.2) is 48.5 Å². The maximum absolute atomic E-state index is 15.1. The minimum absolute atomic E-state index is 0.124. The van der Waals surface area contributed by atoms with Crippen LogP contribution in [-0.4, -0.2) is 45.6 Å². The van der Waals surface area contributed by atoms with Gasteiger partial charge in [-0.1, -0.05) is 49.6 Å². The summed E-state index contributed by atoms with van der Waals surface area (Å²) in [6, 6.07) is 13.6. The Morgan fingerprint density at radius 2 is 1.83 bits per heavy atom. The molecule has 1 aliphatic heterocycles. The first kappa shape index (κ1) is 23.6. The fraction of sp³-hybridized carbons (Fsp3) is 0.407. The number of amides is 3. The summed E-state index contributed by atoms with van der Waals surface area (Å²) in [5.74, 6) is -1.65. The highest BCUT2D eigenvalue weighted by Gasteiger charge is 2.56. The predicted octanol–water partition coefficient (Wildman–Crippen LogP) is 4.81. The number of imide groups is 1. The van der Waals surface area contributed by atoms with Crippen molar-refractivity contribution in [2.24, 2.45) is 0 Å². The maximum Gasteiger partial charge on any atom is 0.241 e. The summed E-state index contributed by atoms with van der Waals surface area (Å²) in [5, 5.41) is 0.777. The normalized spacial score (nSPS) is 21.1. The van der Waals surface area contributed by atoms with Crippen molar-refractivity contribution in [1.29, 1.82) is 0 Å². The van der Waals surface area contributed by atoms with E-state index in [-0.39, 0.29) is 42.8 Å². The van der Waals surface area contributed by atoms with Gasteiger partial charge in [0.2, 0.25) is 17.7 Å². The SMILES string of the molecule is CN(Cc1nc2ccccc2s1)C(=O)C[C@]1(c2ccccc2F)CC(=O)N(C2CCCCC2)C1=O. The molecule has 2 fully saturated rings. The molecule has 0 radical (unpaired) electrons. The first-order valence-electron chi connectivity index (χ1n) is 12.1. The number of para-hydroxylation sites is 1. The summed E-state index contributed by atoms with van der Waals surface area (Å²) in [7, 11) is 1.66. The lowest BCUT2D eigenvalue weighted by molar-refractivity contribution is -0.145. The Balaban J connectivity index is 1.43. The molecule has 1 aliphatic carbocycles. The van der Waals surface area contributed by atoms with Crippen LogP contribution in [0.4, 0.5) is 4.39 Å². The molecule has 2 aromatic carbocycles. The van der Waals surface area contributed by atoms with Gasteiger partial charge in [0.15, 0.2) is 0 Å². The molecule has 5 rings (SSSR count). The molecule has 0 bridgehead atoms. The molecule has 2 heterocycles. The minimum Gasteiger partial charge on any atom is -0.339 e. The molecule has 182 valence electrons. The van der Waals surface area contributed by atoms with Crippen molar-refractivity contribution >= 4 is 39.3 Å². The Kier molecular flexibility index (Phi) is 6.40. The number of carbonyl (C=O) groups excluding carboxylic acids is 3. The smallest absolute Gasteiger partial charge is 0.241 e. The molecule has 1 saturated heterocycles. The second kappa shape index (κ2) is 9.49. The lowest BCUT2D eigenvalue weighted by Gasteiger charge is -2.33. The molecule has 1 atom stereocenters. The quantitative estimate of drug-likeness (QED) is 0.462. The number of aromatic nitrogens is 1. The minimum atomic E-state index is -1.53. The van der Waals surface area contributed by atoms with E-state index in [1.807, 2.05) is 24.3 Å². The third-order valence-corrected chi connectivity index (χ3v) is 8.29. The van der Waals surface area contributed by atoms with Gasteiger partial charge in [0.05, 0.1) is 22.2 Å². The van der Waals surface area contributed by atoms with Crippen LogP contribution in [0.3, 0.4) is 0 Å². The van der Waals surface area contributed by atoms with E-state index >= 15 is 4.39 Å². The largest absolute Gasteiger partial charge is 0.339 e. The molecule has 0 N–H and O–H groups in total. The van der Waals surface area contributed by atoms with Gasteiger partial charge in [0, 0.05) is 31.5 Å². The van der Waals surface area contributed by atoms with E-state index in [1.165, 1.54) is 33.3 Å². The number of likely N-dealkylation sites (tertiary alicyclic amines) is 1. The zero-order valence-electron chi connectivity index (χ0n) is 19.7. The molecule has 2 aliphatic rings. The monoisotopic (exact) mass is 493 g/mol. The molecule has 1 aromatic heterocycles. The summed E-state index contributed by atoms with van der Waals surface area (Å²) < 4.78 is 16.1. The molecule has 1 saturated carbocycles. The van der Waals surface area contributed by atoms with E-state index in [0.717, 1.165) is 47.3 Å². The van der Waals surface area contributed by atoms with E-state index < -0.39 is 17.1 Å². The van der Waals surface area contributed by atoms with Crippen LogP contribution in [0.2, 0.25) is 0 Å². The molecule has 0 unspecified atom stereocenters. The van der Waals surface area contributed by atoms with Crippen molar-refractivity contribution in [3.63, 3.8) is 0 Å². The number of hydrogen-bond donors (Lipinski definition) is 0. The van der Waals surface area contributed by atoms with Crippen molar-refractivity contribution in [3.8, 4) is 0 Å². The van der Waals surface area contributed by atoms with Crippen LogP contribution in [0.1, 0.15) is 55.5 Å². The molecule has 3 amide bonds. The van der Waals surface area contributed by atoms with Gasteiger partial charge in [-0.25, -0.2) is 9.37 Å². The van der Waals surface area contributed by atoms with Crippen molar-refractivity contribution in [3.05, 3.63) is 64.9 Å². The van der Waals surface area contributed by atoms with Crippen LogP contribution in [0.25, 0.3) is 10.2 Å². The Bertz CT molecular complexity index is 1250. The van der Waals surface area contributed by atoms with Crippen LogP contribution in [0, 0.1) is 5.82 Å². The van der Waals surface area contributed by atoms with Crippen LogP contribution < -0.4 is 0 Å². The summed E-state index contributed by atoms with van der Waals surface area (Å²) in [6.07, 6.45) is 4.07. The van der Waals surface area contributed by atoms with Gasteiger partial charge in [0.1, 0.15) is 10.8 Å². The van der Waals surface area contributed by atoms with Gasteiger partial charge in [-0.05, 0) is 31.0 Å². The summed E-state index contributed by atoms with van der Waals surface area (Å²) in [6.45, 7) is 0.278. The second-order valence-electron chi connectivity index (χ2n) is 9.60. The highest BCUT2D eigenvalue weighted by molar-refractivity contribution is 7.18. The van der Waals surface area contributed by atoms with Gasteiger partial charge in [-0.2, -0.15) is 0 Å². The number of hydrogen-bond acceptors (Lipinski definition) is 5. The molecule has 3 aromatic rings. The summed E-state index contributed by atoms with van der Waals surface area (Å²) in [4.78, 5) is 47.9. The van der Waals surface area contributed by atoms with Gasteiger partial charge < -0.3 is 4.90 Å². The Labute approximate surface area is 207 Å². The lowest BCUT2D eigenvalue weighted by Crippen LogP contribution is -2.47. The predicted molar refractivity (Wildman–Crippen MR) is 132 cm³/mol. The topological polar surface area (TPSA) is 70.6 Å². The number of nitrogens with zero attached hydrogens (tertiary/aromatic N) is 3. The van der Waals surface area contributed by atoms with Gasteiger partial charge in [-0.15, -0.1) is 11.3 Å². The van der Waals surface area contributed by atoms with Gasteiger partial charge in [0.25, 0.3) is 0 Å². The van der Waals surface area contributed by atoms with Crippen LogP contribution >= 0.6 is 11.3 Å². The highest BCUT2D eigenvalue weighted by Crippen LogP contribution is 2.43.